The van der Waals surface area contributed by atoms with Crippen LogP contribution in [0.3, 0.4) is 0 Å². The van der Waals surface area contributed by atoms with Crippen LogP contribution in [-0.4, -0.2) is 0 Å². The summed E-state index contributed by atoms with van der Waals surface area (Å²) >= 11 is 0. The van der Waals surface area contributed by atoms with E-state index >= 15 is 0 Å². The molecule has 1 aromatic heterocycles. The second kappa shape index (κ2) is 10.8. The van der Waals surface area contributed by atoms with E-state index in [1.165, 1.54) is 30.0 Å². The molecule has 0 spiro atoms. The first kappa shape index (κ1) is 24.1. The van der Waals surface area contributed by atoms with E-state index < -0.39 is 0 Å². The molecule has 2 aliphatic rings. The molecule has 0 N–H and O–H groups in total. The zero-order valence-electron chi connectivity index (χ0n) is 16.0. The van der Waals surface area contributed by atoms with Crippen molar-refractivity contribution in [1.29, 1.82) is 0 Å². The minimum atomic E-state index is -0.264. The maximum absolute atomic E-state index is 2.99. The van der Waals surface area contributed by atoms with Gasteiger partial charge in [-0.1, -0.05) is 35.6 Å². The average molecular weight is 471 g/mol. The van der Waals surface area contributed by atoms with Crippen molar-refractivity contribution in [3.05, 3.63) is 95.8 Å². The third-order valence-corrected chi connectivity index (χ3v) is 8.06. The number of aryl methyl sites for hydroxylation is 1. The summed E-state index contributed by atoms with van der Waals surface area (Å²) in [5, 5.41) is 9.21. The maximum Gasteiger partial charge on any atom is 4.00 e. The Morgan fingerprint density at radius 1 is 0.931 bits per heavy atom. The van der Waals surface area contributed by atoms with Crippen molar-refractivity contribution >= 4 is 28.8 Å². The fourth-order valence-corrected chi connectivity index (χ4v) is 7.22. The predicted octanol–water partition coefficient (Wildman–Crippen LogP) is 1.49. The fraction of sp³-hybridized carbons (Fsp3) is 0.160. The SMILES string of the molecule is [C-]1=CC=CC1.[Cl-].[Cl-].[Ti+4].c1ccc2[cH-]c(-p3c4c(c5ccccc53)CCC4)cc2c1. The minimum Gasteiger partial charge on any atom is -1.00 e. The Morgan fingerprint density at radius 3 is 2.45 bits per heavy atom. The molecule has 1 atom stereocenters. The average Bonchev–Trinajstić information content (AvgIpc) is 3.45. The number of fused-ring (bicyclic) bond motifs is 4. The molecule has 4 aromatic rings. The van der Waals surface area contributed by atoms with Crippen LogP contribution in [0.4, 0.5) is 0 Å². The van der Waals surface area contributed by atoms with Gasteiger partial charge in [-0.15, -0.1) is 49.0 Å². The zero-order valence-corrected chi connectivity index (χ0v) is 20.0. The van der Waals surface area contributed by atoms with Crippen LogP contribution in [0, 0.1) is 6.08 Å². The molecule has 0 bridgehead atoms. The number of halogens is 2. The second-order valence-corrected chi connectivity index (χ2v) is 9.19. The van der Waals surface area contributed by atoms with Gasteiger partial charge in [0, 0.05) is 5.12 Å². The number of benzene rings is 2. The molecular formula is C25H21Cl2PTi. The molecule has 0 aliphatic heterocycles. The summed E-state index contributed by atoms with van der Waals surface area (Å²) in [7, 11) is -0.264. The van der Waals surface area contributed by atoms with Crippen LogP contribution in [0.1, 0.15) is 23.7 Å². The van der Waals surface area contributed by atoms with Crippen LogP contribution in [-0.2, 0) is 34.6 Å². The molecule has 144 valence electrons. The Bertz CT molecular complexity index is 1110. The Morgan fingerprint density at radius 2 is 1.72 bits per heavy atom. The van der Waals surface area contributed by atoms with E-state index in [1.54, 1.807) is 26.7 Å². The van der Waals surface area contributed by atoms with E-state index in [9.17, 15) is 0 Å². The molecule has 1 heterocycles. The zero-order chi connectivity index (χ0) is 17.3. The Hall–Kier alpha value is -1.14. The van der Waals surface area contributed by atoms with Gasteiger partial charge in [0.1, 0.15) is 0 Å². The molecule has 1 unspecified atom stereocenters. The normalized spacial score (nSPS) is 13.9. The molecule has 3 aromatic carbocycles. The van der Waals surface area contributed by atoms with E-state index in [1.807, 2.05) is 12.2 Å². The van der Waals surface area contributed by atoms with Gasteiger partial charge in [-0.2, -0.15) is 12.1 Å². The summed E-state index contributed by atoms with van der Waals surface area (Å²) in [6, 6.07) is 22.7. The molecule has 6 rings (SSSR count). The molecule has 0 nitrogen and oxygen atoms in total. The van der Waals surface area contributed by atoms with Crippen molar-refractivity contribution in [2.45, 2.75) is 25.7 Å². The first-order valence-corrected chi connectivity index (χ1v) is 10.7. The molecule has 0 saturated carbocycles. The molecule has 0 saturated heterocycles. The molecule has 4 heteroatoms. The van der Waals surface area contributed by atoms with Crippen molar-refractivity contribution in [2.75, 3.05) is 0 Å². The number of rotatable bonds is 1. The summed E-state index contributed by atoms with van der Waals surface area (Å²) in [6.45, 7) is 0. The smallest absolute Gasteiger partial charge is 1.00 e. The maximum atomic E-state index is 2.99. The number of hydrogen-bond acceptors (Lipinski definition) is 0. The van der Waals surface area contributed by atoms with Gasteiger partial charge in [-0.25, -0.2) is 12.2 Å². The van der Waals surface area contributed by atoms with Crippen molar-refractivity contribution in [1.82, 2.24) is 0 Å². The van der Waals surface area contributed by atoms with Crippen LogP contribution in [0.15, 0.2) is 78.9 Å². The van der Waals surface area contributed by atoms with Gasteiger partial charge in [-0.3, -0.25) is 6.08 Å². The molecule has 29 heavy (non-hydrogen) atoms. The van der Waals surface area contributed by atoms with Gasteiger partial charge in [0.05, 0.1) is 0 Å². The summed E-state index contributed by atoms with van der Waals surface area (Å²) in [6.07, 6.45) is 13.9. The van der Waals surface area contributed by atoms with Gasteiger partial charge >= 0.3 is 21.7 Å². The monoisotopic (exact) mass is 470 g/mol. The molecule has 0 radical (unpaired) electrons. The van der Waals surface area contributed by atoms with E-state index in [4.69, 9.17) is 0 Å². The summed E-state index contributed by atoms with van der Waals surface area (Å²) in [5.41, 5.74) is 1.67. The molecular weight excluding hydrogens is 450 g/mol. The van der Waals surface area contributed by atoms with Gasteiger partial charge in [0.25, 0.3) is 0 Å². The predicted molar refractivity (Wildman–Crippen MR) is 115 cm³/mol. The summed E-state index contributed by atoms with van der Waals surface area (Å²) < 4.78 is 0. The van der Waals surface area contributed by atoms with E-state index in [2.05, 4.69) is 72.8 Å². The molecule has 0 amide bonds. The van der Waals surface area contributed by atoms with Crippen LogP contribution in [0.25, 0.3) is 26.6 Å². The fourth-order valence-electron chi connectivity index (χ4n) is 4.23. The number of hydrogen-bond donors (Lipinski definition) is 0. The minimum absolute atomic E-state index is 0. The molecule has 2 aliphatic carbocycles. The van der Waals surface area contributed by atoms with Crippen LogP contribution >= 0.6 is 7.53 Å². The van der Waals surface area contributed by atoms with Crippen LogP contribution in [0.2, 0.25) is 0 Å². The van der Waals surface area contributed by atoms with Crippen LogP contribution in [0.5, 0.6) is 0 Å². The van der Waals surface area contributed by atoms with Gasteiger partial charge in [0.2, 0.25) is 0 Å². The van der Waals surface area contributed by atoms with E-state index in [0.29, 0.717) is 0 Å². The quantitative estimate of drug-likeness (QED) is 0.292. The van der Waals surface area contributed by atoms with Crippen molar-refractivity contribution in [2.24, 2.45) is 0 Å². The molecule has 0 fully saturated rings. The van der Waals surface area contributed by atoms with Crippen molar-refractivity contribution in [3.63, 3.8) is 0 Å². The standard InChI is InChI=1S/C20H16P.C5H5.2ClH.Ti/c1-2-7-15-13-16(12-14(15)6-1)21-19-10-4-3-8-17(19)18-9-5-11-20(18)21;1-2-4-5-3-1;;;/h1-4,6-8,10,12-13H,5,9,11H2;1-3H,4H2;2*1H;/q2*-1;;;+4/p-2. The van der Waals surface area contributed by atoms with Gasteiger partial charge in [-0.05, 0) is 35.5 Å². The van der Waals surface area contributed by atoms with Gasteiger partial charge < -0.3 is 24.8 Å². The Labute approximate surface area is 201 Å². The number of allylic oxidation sites excluding steroid dienone is 4. The first-order valence-electron chi connectivity index (χ1n) is 9.40. The van der Waals surface area contributed by atoms with E-state index in [-0.39, 0.29) is 54.1 Å². The summed E-state index contributed by atoms with van der Waals surface area (Å²) in [5.74, 6) is 0. The van der Waals surface area contributed by atoms with E-state index in [0.717, 1.165) is 6.42 Å². The Balaban J connectivity index is 0.000000333. The topological polar surface area (TPSA) is 0 Å². The first-order chi connectivity index (χ1) is 12.9. The third kappa shape index (κ3) is 4.63. The third-order valence-electron chi connectivity index (χ3n) is 5.38. The van der Waals surface area contributed by atoms with Crippen LogP contribution < -0.4 is 24.8 Å². The van der Waals surface area contributed by atoms with Gasteiger partial charge in [0.15, 0.2) is 0 Å². The Kier molecular flexibility index (Phi) is 8.96. The van der Waals surface area contributed by atoms with Crippen molar-refractivity contribution < 1.29 is 46.5 Å². The second-order valence-electron chi connectivity index (χ2n) is 6.98. The summed E-state index contributed by atoms with van der Waals surface area (Å²) in [4.78, 5) is 0. The largest absolute Gasteiger partial charge is 4.00 e. The van der Waals surface area contributed by atoms with Crippen molar-refractivity contribution in [3.8, 4) is 5.30 Å².